The highest BCUT2D eigenvalue weighted by Gasteiger charge is 2.23. The van der Waals surface area contributed by atoms with Gasteiger partial charge in [0.15, 0.2) is 0 Å². The monoisotopic (exact) mass is 380 g/mol. The minimum Gasteiger partial charge on any atom is -0.381 e. The summed E-state index contributed by atoms with van der Waals surface area (Å²) < 4.78 is 6.22. The summed E-state index contributed by atoms with van der Waals surface area (Å²) in [5, 5.41) is 2.72. The van der Waals surface area contributed by atoms with E-state index in [-0.39, 0.29) is 30.7 Å². The molecule has 1 aliphatic heterocycles. The number of halogens is 1. The number of hydrogen-bond donors (Lipinski definition) is 1. The highest BCUT2D eigenvalue weighted by atomic mass is 127. The van der Waals surface area contributed by atoms with Crippen LogP contribution in [-0.2, 0) is 19.1 Å². The minimum atomic E-state index is -0.356. The third kappa shape index (κ3) is 6.15. The molecular formula is C12H17IN2O4. The molecule has 0 unspecified atom stereocenters. The van der Waals surface area contributed by atoms with Crippen LogP contribution in [0.25, 0.3) is 0 Å². The van der Waals surface area contributed by atoms with Gasteiger partial charge in [-0.05, 0) is 6.42 Å². The summed E-state index contributed by atoms with van der Waals surface area (Å²) in [6, 6.07) is 0. The Hall–Kier alpha value is -0.960. The van der Waals surface area contributed by atoms with Crippen molar-refractivity contribution in [2.45, 2.75) is 12.8 Å². The molecule has 19 heavy (non-hydrogen) atoms. The van der Waals surface area contributed by atoms with Gasteiger partial charge in [-0.1, -0.05) is 22.6 Å². The standard InChI is InChI=1S/C12H17IN2O4/c13-5-9-19-8-1-6-14-10(16)4-7-15-11(17)2-3-12(15)18/h2-3H,1,4-9H2,(H,14,16). The van der Waals surface area contributed by atoms with Crippen LogP contribution in [0.15, 0.2) is 12.2 Å². The van der Waals surface area contributed by atoms with Gasteiger partial charge >= 0.3 is 0 Å². The van der Waals surface area contributed by atoms with E-state index < -0.39 is 0 Å². The average molecular weight is 380 g/mol. The second kappa shape index (κ2) is 9.03. The van der Waals surface area contributed by atoms with Crippen LogP contribution in [0.2, 0.25) is 0 Å². The Morgan fingerprint density at radius 1 is 1.26 bits per heavy atom. The lowest BCUT2D eigenvalue weighted by molar-refractivity contribution is -0.137. The quantitative estimate of drug-likeness (QED) is 0.270. The second-order valence-electron chi connectivity index (χ2n) is 3.92. The van der Waals surface area contributed by atoms with Crippen molar-refractivity contribution >= 4 is 40.3 Å². The van der Waals surface area contributed by atoms with Crippen molar-refractivity contribution in [1.29, 1.82) is 0 Å². The van der Waals surface area contributed by atoms with E-state index in [9.17, 15) is 14.4 Å². The largest absolute Gasteiger partial charge is 0.381 e. The van der Waals surface area contributed by atoms with E-state index >= 15 is 0 Å². The number of nitrogens with zero attached hydrogens (tertiary/aromatic N) is 1. The van der Waals surface area contributed by atoms with Crippen LogP contribution >= 0.6 is 22.6 Å². The summed E-state index contributed by atoms with van der Waals surface area (Å²) in [4.78, 5) is 35.0. The number of rotatable bonds is 9. The lowest BCUT2D eigenvalue weighted by atomic mass is 10.3. The van der Waals surface area contributed by atoms with Crippen molar-refractivity contribution in [3.63, 3.8) is 0 Å². The Bertz CT molecular complexity index is 353. The fourth-order valence-electron chi connectivity index (χ4n) is 1.51. The number of hydrogen-bond acceptors (Lipinski definition) is 4. The van der Waals surface area contributed by atoms with E-state index in [1.165, 1.54) is 12.2 Å². The molecule has 0 saturated heterocycles. The lowest BCUT2D eigenvalue weighted by Crippen LogP contribution is -2.35. The van der Waals surface area contributed by atoms with Crippen LogP contribution in [-0.4, -0.2) is 53.4 Å². The van der Waals surface area contributed by atoms with Gasteiger partial charge in [0.2, 0.25) is 5.91 Å². The number of carbonyl (C=O) groups excluding carboxylic acids is 3. The van der Waals surface area contributed by atoms with Crippen molar-refractivity contribution in [1.82, 2.24) is 10.2 Å². The van der Waals surface area contributed by atoms with Crippen molar-refractivity contribution < 1.29 is 19.1 Å². The first kappa shape index (κ1) is 16.1. The molecule has 0 spiro atoms. The minimum absolute atomic E-state index is 0.127. The summed E-state index contributed by atoms with van der Waals surface area (Å²) in [6.45, 7) is 2.01. The Balaban J connectivity index is 2.05. The molecule has 7 heteroatoms. The Morgan fingerprint density at radius 2 is 1.95 bits per heavy atom. The molecule has 3 amide bonds. The zero-order valence-corrected chi connectivity index (χ0v) is 12.7. The van der Waals surface area contributed by atoms with Crippen molar-refractivity contribution in [2.75, 3.05) is 30.7 Å². The fraction of sp³-hybridized carbons (Fsp3) is 0.583. The maximum absolute atomic E-state index is 11.5. The molecule has 0 atom stereocenters. The van der Waals surface area contributed by atoms with Crippen LogP contribution in [0.3, 0.4) is 0 Å². The molecule has 6 nitrogen and oxygen atoms in total. The molecule has 0 bridgehead atoms. The number of nitrogens with one attached hydrogen (secondary N) is 1. The van der Waals surface area contributed by atoms with Crippen LogP contribution in [0.4, 0.5) is 0 Å². The molecule has 0 radical (unpaired) electrons. The first-order valence-electron chi connectivity index (χ1n) is 6.09. The van der Waals surface area contributed by atoms with Crippen LogP contribution in [0.1, 0.15) is 12.8 Å². The topological polar surface area (TPSA) is 75.7 Å². The van der Waals surface area contributed by atoms with Gasteiger partial charge in [-0.3, -0.25) is 19.3 Å². The Kier molecular flexibility index (Phi) is 7.65. The molecule has 1 rings (SSSR count). The normalized spacial score (nSPS) is 14.3. The second-order valence-corrected chi connectivity index (χ2v) is 5.00. The van der Waals surface area contributed by atoms with Crippen molar-refractivity contribution in [2.24, 2.45) is 0 Å². The average Bonchev–Trinajstić information content (AvgIpc) is 2.71. The number of ether oxygens (including phenoxy) is 1. The summed E-state index contributed by atoms with van der Waals surface area (Å²) in [5.41, 5.74) is 0. The number of alkyl halides is 1. The van der Waals surface area contributed by atoms with Crippen molar-refractivity contribution in [3.8, 4) is 0 Å². The molecule has 0 aromatic heterocycles. The van der Waals surface area contributed by atoms with Crippen molar-refractivity contribution in [3.05, 3.63) is 12.2 Å². The SMILES string of the molecule is O=C(CCN1C(=O)C=CC1=O)NCCCOCCI. The van der Waals surface area contributed by atoms with Crippen LogP contribution in [0.5, 0.6) is 0 Å². The van der Waals surface area contributed by atoms with Gasteiger partial charge in [0.25, 0.3) is 11.8 Å². The maximum Gasteiger partial charge on any atom is 0.253 e. The van der Waals surface area contributed by atoms with Gasteiger partial charge in [0.1, 0.15) is 0 Å². The Morgan fingerprint density at radius 3 is 2.58 bits per heavy atom. The van der Waals surface area contributed by atoms with E-state index in [1.54, 1.807) is 0 Å². The molecule has 0 fully saturated rings. The first-order chi connectivity index (χ1) is 9.15. The van der Waals surface area contributed by atoms with Crippen LogP contribution < -0.4 is 5.32 Å². The summed E-state index contributed by atoms with van der Waals surface area (Å²) in [6.07, 6.45) is 3.31. The molecule has 1 heterocycles. The summed E-state index contributed by atoms with van der Waals surface area (Å²) in [5.74, 6) is -0.878. The first-order valence-corrected chi connectivity index (χ1v) is 7.61. The molecule has 0 saturated carbocycles. The van der Waals surface area contributed by atoms with Crippen LogP contribution in [0, 0.1) is 0 Å². The molecule has 1 aliphatic rings. The smallest absolute Gasteiger partial charge is 0.253 e. The zero-order chi connectivity index (χ0) is 14.1. The van der Waals surface area contributed by atoms with Gasteiger partial charge in [-0.2, -0.15) is 0 Å². The number of imide groups is 1. The van der Waals surface area contributed by atoms with E-state index in [4.69, 9.17) is 4.74 Å². The van der Waals surface area contributed by atoms with Gasteiger partial charge in [0.05, 0.1) is 6.61 Å². The van der Waals surface area contributed by atoms with E-state index in [2.05, 4.69) is 27.9 Å². The van der Waals surface area contributed by atoms with E-state index in [0.717, 1.165) is 22.4 Å². The number of amides is 3. The predicted molar refractivity (Wildman–Crippen MR) is 77.8 cm³/mol. The molecular weight excluding hydrogens is 363 g/mol. The summed E-state index contributed by atoms with van der Waals surface area (Å²) in [7, 11) is 0. The fourth-order valence-corrected chi connectivity index (χ4v) is 1.82. The van der Waals surface area contributed by atoms with Gasteiger partial charge in [-0.15, -0.1) is 0 Å². The number of carbonyl (C=O) groups is 3. The van der Waals surface area contributed by atoms with E-state index in [1.807, 2.05) is 0 Å². The van der Waals surface area contributed by atoms with E-state index in [0.29, 0.717) is 13.2 Å². The zero-order valence-electron chi connectivity index (χ0n) is 10.6. The molecule has 106 valence electrons. The predicted octanol–water partition coefficient (Wildman–Crippen LogP) is 0.259. The van der Waals surface area contributed by atoms with Gasteiger partial charge in [0, 0.05) is 42.7 Å². The maximum atomic E-state index is 11.5. The van der Waals surface area contributed by atoms with Gasteiger partial charge in [-0.25, -0.2) is 0 Å². The lowest BCUT2D eigenvalue weighted by Gasteiger charge is -2.13. The summed E-state index contributed by atoms with van der Waals surface area (Å²) >= 11 is 2.23. The molecule has 0 aliphatic carbocycles. The third-order valence-electron chi connectivity index (χ3n) is 2.47. The molecule has 1 N–H and O–H groups in total. The highest BCUT2D eigenvalue weighted by molar-refractivity contribution is 14.1. The molecule has 0 aromatic carbocycles. The highest BCUT2D eigenvalue weighted by Crippen LogP contribution is 2.03. The third-order valence-corrected chi connectivity index (χ3v) is 2.91. The van der Waals surface area contributed by atoms with Gasteiger partial charge < -0.3 is 10.1 Å². The molecule has 0 aromatic rings. The Labute approximate surface area is 125 Å².